The number of benzene rings is 2. The highest BCUT2D eigenvalue weighted by Crippen LogP contribution is 2.31. The average molecular weight is 410 g/mol. The Labute approximate surface area is 165 Å². The van der Waals surface area contributed by atoms with Crippen molar-refractivity contribution in [1.82, 2.24) is 0 Å². The van der Waals surface area contributed by atoms with E-state index in [2.05, 4.69) is 11.3 Å². The number of alkyl halides is 4. The number of rotatable bonds is 6. The van der Waals surface area contributed by atoms with Gasteiger partial charge in [0.05, 0.1) is 17.7 Å². The Kier molecular flexibility index (Phi) is 9.03. The van der Waals surface area contributed by atoms with Gasteiger partial charge in [-0.3, -0.25) is 0 Å². The fourth-order valence-electron chi connectivity index (χ4n) is 2.12. The normalized spacial score (nSPS) is 12.1. The minimum atomic E-state index is -4.75. The molecule has 0 aliphatic rings. The molecule has 0 aliphatic heterocycles. The van der Waals surface area contributed by atoms with Crippen molar-refractivity contribution in [3.63, 3.8) is 0 Å². The number of ether oxygens (including phenoxy) is 1. The van der Waals surface area contributed by atoms with E-state index < -0.39 is 30.1 Å². The van der Waals surface area contributed by atoms with Crippen molar-refractivity contribution < 1.29 is 26.7 Å². The lowest BCUT2D eigenvalue weighted by Gasteiger charge is -2.19. The summed E-state index contributed by atoms with van der Waals surface area (Å²) < 4.78 is 67.7. The summed E-state index contributed by atoms with van der Waals surface area (Å²) in [5, 5.41) is 8.73. The number of nitrogens with zero attached hydrogens (tertiary/aromatic N) is 1. The Morgan fingerprint density at radius 1 is 1.14 bits per heavy atom. The first kappa shape index (κ1) is 23.9. The minimum absolute atomic E-state index is 0.0553. The lowest BCUT2D eigenvalue weighted by Crippen LogP contribution is -2.33. The molecule has 0 aliphatic carbocycles. The first-order chi connectivity index (χ1) is 13.6. The van der Waals surface area contributed by atoms with Crippen molar-refractivity contribution in [1.29, 1.82) is 5.26 Å². The third-order valence-electron chi connectivity index (χ3n) is 3.49. The number of halogens is 5. The van der Waals surface area contributed by atoms with Crippen molar-refractivity contribution >= 4 is 0 Å². The second-order valence-corrected chi connectivity index (χ2v) is 5.66. The highest BCUT2D eigenvalue weighted by Gasteiger charge is 2.44. The van der Waals surface area contributed by atoms with Crippen LogP contribution in [0.15, 0.2) is 67.3 Å². The van der Waals surface area contributed by atoms with Crippen molar-refractivity contribution in [2.24, 2.45) is 5.73 Å². The van der Waals surface area contributed by atoms with Crippen molar-refractivity contribution in [2.75, 3.05) is 0 Å². The van der Waals surface area contributed by atoms with Crippen LogP contribution in [-0.4, -0.2) is 12.5 Å². The molecule has 2 aromatic carbocycles. The molecule has 8 heteroatoms. The van der Waals surface area contributed by atoms with E-state index in [1.165, 1.54) is 24.3 Å². The molecule has 0 fully saturated rings. The Morgan fingerprint density at radius 3 is 2.21 bits per heavy atom. The van der Waals surface area contributed by atoms with Crippen molar-refractivity contribution in [3.05, 3.63) is 89.8 Å². The zero-order valence-corrected chi connectivity index (χ0v) is 15.5. The van der Waals surface area contributed by atoms with Gasteiger partial charge in [-0.2, -0.15) is 22.8 Å². The Morgan fingerprint density at radius 2 is 1.76 bits per heavy atom. The van der Waals surface area contributed by atoms with Gasteiger partial charge in [0.2, 0.25) is 0 Å². The molecule has 2 aromatic rings. The molecule has 29 heavy (non-hydrogen) atoms. The molecular formula is C21H19F5N2O. The van der Waals surface area contributed by atoms with Crippen LogP contribution >= 0.6 is 0 Å². The van der Waals surface area contributed by atoms with Gasteiger partial charge in [-0.15, -0.1) is 0 Å². The molecule has 1 atom stereocenters. The van der Waals surface area contributed by atoms with Crippen LogP contribution < -0.4 is 10.5 Å². The van der Waals surface area contributed by atoms with Gasteiger partial charge in [-0.1, -0.05) is 36.9 Å². The van der Waals surface area contributed by atoms with Gasteiger partial charge in [-0.05, 0) is 42.3 Å². The van der Waals surface area contributed by atoms with Gasteiger partial charge in [0, 0.05) is 6.07 Å². The van der Waals surface area contributed by atoms with Crippen LogP contribution in [0, 0.1) is 17.1 Å². The standard InChI is InChI=1S/C16H11F5N2O.C5H8/c17-12-5-11(6-13(7-12)24-16(20,21)15(18)19)14(23)10-3-1-9(8-22)2-4-10;1-3-5-4-2/h1-7,14-15H,23H2;3-5H,1H2,2H3/b;5-4+/t14-;/m1./s1. The number of nitrogens with two attached hydrogens (primary N) is 1. The van der Waals surface area contributed by atoms with Crippen LogP contribution in [-0.2, 0) is 0 Å². The fourth-order valence-corrected chi connectivity index (χ4v) is 2.12. The van der Waals surface area contributed by atoms with Gasteiger partial charge >= 0.3 is 12.5 Å². The highest BCUT2D eigenvalue weighted by molar-refractivity contribution is 5.39. The van der Waals surface area contributed by atoms with Gasteiger partial charge in [0.25, 0.3) is 0 Å². The summed E-state index contributed by atoms with van der Waals surface area (Å²) in [5.41, 5.74) is 6.84. The van der Waals surface area contributed by atoms with Crippen LogP contribution in [0.25, 0.3) is 0 Å². The first-order valence-electron chi connectivity index (χ1n) is 8.29. The average Bonchev–Trinajstić information content (AvgIpc) is 2.67. The van der Waals surface area contributed by atoms with E-state index in [1.54, 1.807) is 6.08 Å². The second-order valence-electron chi connectivity index (χ2n) is 5.66. The molecule has 0 aromatic heterocycles. The second kappa shape index (κ2) is 11.0. The molecule has 0 saturated carbocycles. The molecule has 0 amide bonds. The molecule has 0 heterocycles. The zero-order valence-electron chi connectivity index (χ0n) is 15.5. The topological polar surface area (TPSA) is 59.0 Å². The minimum Gasteiger partial charge on any atom is -0.428 e. The van der Waals surface area contributed by atoms with Crippen LogP contribution in [0.5, 0.6) is 5.75 Å². The fraction of sp³-hybridized carbons (Fsp3) is 0.190. The van der Waals surface area contributed by atoms with Crippen LogP contribution in [0.4, 0.5) is 22.0 Å². The molecule has 154 valence electrons. The summed E-state index contributed by atoms with van der Waals surface area (Å²) in [4.78, 5) is 0. The summed E-state index contributed by atoms with van der Waals surface area (Å²) in [7, 11) is 0. The van der Waals surface area contributed by atoms with E-state index in [-0.39, 0.29) is 5.56 Å². The van der Waals surface area contributed by atoms with Crippen molar-refractivity contribution in [3.8, 4) is 11.8 Å². The van der Waals surface area contributed by atoms with E-state index in [4.69, 9.17) is 11.0 Å². The van der Waals surface area contributed by atoms with Gasteiger partial charge in [0.1, 0.15) is 11.6 Å². The third kappa shape index (κ3) is 7.39. The molecule has 2 N–H and O–H groups in total. The summed E-state index contributed by atoms with van der Waals surface area (Å²) in [6.45, 7) is 5.42. The van der Waals surface area contributed by atoms with Crippen LogP contribution in [0.3, 0.4) is 0 Å². The van der Waals surface area contributed by atoms with Gasteiger partial charge < -0.3 is 10.5 Å². The smallest absolute Gasteiger partial charge is 0.428 e. The highest BCUT2D eigenvalue weighted by atomic mass is 19.3. The predicted octanol–water partition coefficient (Wildman–Crippen LogP) is 5.73. The molecule has 0 unspecified atom stereocenters. The first-order valence-corrected chi connectivity index (χ1v) is 8.29. The lowest BCUT2D eigenvalue weighted by atomic mass is 9.98. The number of hydrogen-bond donors (Lipinski definition) is 1. The number of hydrogen-bond acceptors (Lipinski definition) is 3. The maximum atomic E-state index is 13.6. The van der Waals surface area contributed by atoms with E-state index >= 15 is 0 Å². The lowest BCUT2D eigenvalue weighted by molar-refractivity contribution is -0.253. The van der Waals surface area contributed by atoms with Gasteiger partial charge in [0.15, 0.2) is 0 Å². The van der Waals surface area contributed by atoms with E-state index in [0.717, 1.165) is 12.1 Å². The molecule has 0 bridgehead atoms. The Balaban J connectivity index is 0.000000749. The summed E-state index contributed by atoms with van der Waals surface area (Å²) in [5.74, 6) is -1.73. The predicted molar refractivity (Wildman–Crippen MR) is 100 cm³/mol. The number of allylic oxidation sites excluding steroid dienone is 3. The SMILES string of the molecule is C=C/C=C/C.N#Cc1ccc([C@@H](N)c2cc(F)cc(OC(F)(F)C(F)F)c2)cc1. The van der Waals surface area contributed by atoms with Crippen LogP contribution in [0.2, 0.25) is 0 Å². The third-order valence-corrected chi connectivity index (χ3v) is 3.49. The maximum absolute atomic E-state index is 13.6. The molecule has 0 saturated heterocycles. The van der Waals surface area contributed by atoms with E-state index in [9.17, 15) is 22.0 Å². The Hall–Kier alpha value is -3.18. The van der Waals surface area contributed by atoms with E-state index in [0.29, 0.717) is 17.2 Å². The largest absolute Gasteiger partial charge is 0.461 e. The van der Waals surface area contributed by atoms with E-state index in [1.807, 2.05) is 25.1 Å². The summed E-state index contributed by atoms with van der Waals surface area (Å²) in [6, 6.07) is 9.49. The number of nitriles is 1. The maximum Gasteiger partial charge on any atom is 0.461 e. The molecule has 0 radical (unpaired) electrons. The zero-order chi connectivity index (χ0) is 22.0. The summed E-state index contributed by atoms with van der Waals surface area (Å²) >= 11 is 0. The van der Waals surface area contributed by atoms with Gasteiger partial charge in [-0.25, -0.2) is 4.39 Å². The molecule has 0 spiro atoms. The van der Waals surface area contributed by atoms with Crippen LogP contribution in [0.1, 0.15) is 29.7 Å². The van der Waals surface area contributed by atoms with Crippen molar-refractivity contribution in [2.45, 2.75) is 25.5 Å². The molecule has 2 rings (SSSR count). The summed E-state index contributed by atoms with van der Waals surface area (Å²) in [6.07, 6.45) is -3.23. The monoisotopic (exact) mass is 410 g/mol. The Bertz CT molecular complexity index is 874. The molecule has 3 nitrogen and oxygen atoms in total. The molecular weight excluding hydrogens is 391 g/mol. The quantitative estimate of drug-likeness (QED) is 0.489.